The van der Waals surface area contributed by atoms with E-state index in [1.165, 1.54) is 0 Å². The topological polar surface area (TPSA) is 85.1 Å². The molecule has 0 aliphatic carbocycles. The molecule has 3 rings (SSSR count). The van der Waals surface area contributed by atoms with E-state index in [-0.39, 0.29) is 43.1 Å². The minimum absolute atomic E-state index is 0. The summed E-state index contributed by atoms with van der Waals surface area (Å²) in [5, 5.41) is 0. The van der Waals surface area contributed by atoms with Gasteiger partial charge in [-0.15, -0.1) is 12.4 Å². The summed E-state index contributed by atoms with van der Waals surface area (Å²) in [5.74, 6) is 0.701. The number of methoxy groups -OCH3 is 1. The van der Waals surface area contributed by atoms with Crippen LogP contribution < -0.4 is 10.5 Å². The minimum atomic E-state index is -0.298. The van der Waals surface area contributed by atoms with E-state index in [9.17, 15) is 9.59 Å². The van der Waals surface area contributed by atoms with Crippen LogP contribution in [0.5, 0.6) is 5.75 Å². The number of rotatable bonds is 5. The number of hydrogen-bond donors (Lipinski definition) is 1. The molecule has 2 aliphatic rings. The third-order valence-corrected chi connectivity index (χ3v) is 4.45. The van der Waals surface area contributed by atoms with E-state index in [0.29, 0.717) is 19.6 Å². The maximum Gasteiger partial charge on any atom is 0.410 e. The Hall–Kier alpha value is -1.99. The minimum Gasteiger partial charge on any atom is -0.497 e. The first kappa shape index (κ1) is 18.4. The van der Waals surface area contributed by atoms with E-state index in [0.717, 1.165) is 17.7 Å². The third-order valence-electron chi connectivity index (χ3n) is 4.45. The zero-order valence-corrected chi connectivity index (χ0v) is 14.3. The Bertz CT molecular complexity index is 595. The van der Waals surface area contributed by atoms with Crippen molar-refractivity contribution in [2.24, 2.45) is 5.73 Å². The fourth-order valence-electron chi connectivity index (χ4n) is 3.14. The van der Waals surface area contributed by atoms with Crippen molar-refractivity contribution in [1.82, 2.24) is 9.80 Å². The van der Waals surface area contributed by atoms with Crippen molar-refractivity contribution in [3.63, 3.8) is 0 Å². The van der Waals surface area contributed by atoms with Crippen molar-refractivity contribution < 1.29 is 19.1 Å². The van der Waals surface area contributed by atoms with Crippen LogP contribution in [0, 0.1) is 0 Å². The molecular formula is C16H22ClN3O4. The predicted molar refractivity (Wildman–Crippen MR) is 90.3 cm³/mol. The van der Waals surface area contributed by atoms with E-state index in [1.807, 2.05) is 24.3 Å². The van der Waals surface area contributed by atoms with Crippen molar-refractivity contribution in [1.29, 1.82) is 0 Å². The molecule has 0 spiro atoms. The summed E-state index contributed by atoms with van der Waals surface area (Å²) in [7, 11) is 1.63. The third kappa shape index (κ3) is 3.57. The van der Waals surface area contributed by atoms with Crippen molar-refractivity contribution in [2.45, 2.75) is 18.6 Å². The molecule has 132 valence electrons. The molecule has 7 nitrogen and oxygen atoms in total. The van der Waals surface area contributed by atoms with Crippen LogP contribution in [0.25, 0.3) is 0 Å². The number of carbonyl (C=O) groups is 2. The first-order valence-corrected chi connectivity index (χ1v) is 7.70. The lowest BCUT2D eigenvalue weighted by atomic mass is 10.1. The summed E-state index contributed by atoms with van der Waals surface area (Å²) in [6, 6.07) is 7.69. The van der Waals surface area contributed by atoms with Gasteiger partial charge in [0, 0.05) is 13.1 Å². The molecule has 2 saturated heterocycles. The van der Waals surface area contributed by atoms with Gasteiger partial charge in [0.25, 0.3) is 0 Å². The molecule has 0 unspecified atom stereocenters. The van der Waals surface area contributed by atoms with Gasteiger partial charge >= 0.3 is 6.09 Å². The Kier molecular flexibility index (Phi) is 5.90. The van der Waals surface area contributed by atoms with Crippen LogP contribution >= 0.6 is 12.4 Å². The number of carbonyl (C=O) groups excluding carboxylic acids is 2. The summed E-state index contributed by atoms with van der Waals surface area (Å²) in [4.78, 5) is 27.1. The number of ether oxygens (including phenoxy) is 2. The predicted octanol–water partition coefficient (Wildman–Crippen LogP) is 0.650. The van der Waals surface area contributed by atoms with Crippen molar-refractivity contribution in [3.8, 4) is 5.75 Å². The van der Waals surface area contributed by atoms with Gasteiger partial charge in [0.1, 0.15) is 11.9 Å². The van der Waals surface area contributed by atoms with Gasteiger partial charge in [0.2, 0.25) is 5.91 Å². The number of amides is 2. The van der Waals surface area contributed by atoms with E-state index in [2.05, 4.69) is 0 Å². The van der Waals surface area contributed by atoms with Crippen LogP contribution in [-0.4, -0.2) is 67.2 Å². The van der Waals surface area contributed by atoms with Gasteiger partial charge in [-0.1, -0.05) is 12.1 Å². The fraction of sp³-hybridized carbons (Fsp3) is 0.500. The molecule has 8 heteroatoms. The van der Waals surface area contributed by atoms with E-state index >= 15 is 0 Å². The lowest BCUT2D eigenvalue weighted by molar-refractivity contribution is -0.129. The van der Waals surface area contributed by atoms with Gasteiger partial charge in [-0.2, -0.15) is 0 Å². The Morgan fingerprint density at radius 1 is 1.33 bits per heavy atom. The molecule has 24 heavy (non-hydrogen) atoms. The number of fused-ring (bicyclic) bond motifs is 1. The highest BCUT2D eigenvalue weighted by Gasteiger charge is 2.48. The first-order valence-electron chi connectivity index (χ1n) is 7.70. The zero-order chi connectivity index (χ0) is 16.4. The second kappa shape index (κ2) is 7.72. The molecule has 2 N–H and O–H groups in total. The van der Waals surface area contributed by atoms with Crippen LogP contribution in [0.2, 0.25) is 0 Å². The fourth-order valence-corrected chi connectivity index (χ4v) is 3.14. The molecule has 2 fully saturated rings. The number of hydrogen-bond acceptors (Lipinski definition) is 5. The average molecular weight is 356 g/mol. The van der Waals surface area contributed by atoms with Crippen LogP contribution in [0.4, 0.5) is 4.79 Å². The molecule has 0 radical (unpaired) electrons. The molecule has 0 saturated carbocycles. The number of nitrogens with two attached hydrogens (primary N) is 1. The molecule has 1 aromatic carbocycles. The van der Waals surface area contributed by atoms with Gasteiger partial charge in [-0.3, -0.25) is 9.69 Å². The highest BCUT2D eigenvalue weighted by Crippen LogP contribution is 2.27. The summed E-state index contributed by atoms with van der Waals surface area (Å²) < 4.78 is 10.5. The van der Waals surface area contributed by atoms with Crippen LogP contribution in [0.1, 0.15) is 5.56 Å². The Balaban J connectivity index is 0.00000208. The van der Waals surface area contributed by atoms with E-state index in [4.69, 9.17) is 15.2 Å². The summed E-state index contributed by atoms with van der Waals surface area (Å²) in [6.07, 6.45) is 0.190. The monoisotopic (exact) mass is 355 g/mol. The van der Waals surface area contributed by atoms with Gasteiger partial charge < -0.3 is 20.1 Å². The maximum atomic E-state index is 12.0. The number of halogens is 1. The summed E-state index contributed by atoms with van der Waals surface area (Å²) >= 11 is 0. The van der Waals surface area contributed by atoms with Crippen molar-refractivity contribution in [2.75, 3.05) is 33.3 Å². The van der Waals surface area contributed by atoms with Gasteiger partial charge in [0.15, 0.2) is 0 Å². The van der Waals surface area contributed by atoms with Gasteiger partial charge in [-0.05, 0) is 24.1 Å². The zero-order valence-electron chi connectivity index (χ0n) is 13.5. The lowest BCUT2D eigenvalue weighted by Gasteiger charge is -2.22. The average Bonchev–Trinajstić information content (AvgIpc) is 3.10. The molecule has 1 aromatic rings. The molecular weight excluding hydrogens is 334 g/mol. The summed E-state index contributed by atoms with van der Waals surface area (Å²) in [5.41, 5.74) is 6.52. The van der Waals surface area contributed by atoms with Crippen molar-refractivity contribution >= 4 is 24.4 Å². The van der Waals surface area contributed by atoms with Gasteiger partial charge in [0.05, 0.1) is 26.2 Å². The number of likely N-dealkylation sites (tertiary alicyclic amines) is 1. The molecule has 0 aromatic heterocycles. The molecule has 2 aliphatic heterocycles. The largest absolute Gasteiger partial charge is 0.497 e. The van der Waals surface area contributed by atoms with Crippen LogP contribution in [0.3, 0.4) is 0 Å². The van der Waals surface area contributed by atoms with Crippen LogP contribution in [0.15, 0.2) is 24.3 Å². The number of nitrogens with zero attached hydrogens (tertiary/aromatic N) is 2. The van der Waals surface area contributed by atoms with E-state index < -0.39 is 0 Å². The number of benzene rings is 1. The highest BCUT2D eigenvalue weighted by molar-refractivity contribution is 5.85. The SMILES string of the molecule is COc1ccc(CCN2C(=O)O[C@@H]3CN(C(=O)CN)C[C@@H]32)cc1.Cl. The van der Waals surface area contributed by atoms with Crippen LogP contribution in [-0.2, 0) is 16.0 Å². The smallest absolute Gasteiger partial charge is 0.410 e. The standard InChI is InChI=1S/C16H21N3O4.ClH/c1-22-12-4-2-11(3-5-12)6-7-19-13-9-18(15(20)8-17)10-14(13)23-16(19)21;/h2-5,13-14H,6-10,17H2,1H3;1H/t13-,14+;/m0./s1. The Morgan fingerprint density at radius 2 is 2.04 bits per heavy atom. The first-order chi connectivity index (χ1) is 11.1. The normalized spacial score (nSPS) is 22.0. The summed E-state index contributed by atoms with van der Waals surface area (Å²) in [6.45, 7) is 1.48. The van der Waals surface area contributed by atoms with E-state index in [1.54, 1.807) is 16.9 Å². The second-order valence-electron chi connectivity index (χ2n) is 5.78. The molecule has 0 bridgehead atoms. The second-order valence-corrected chi connectivity index (χ2v) is 5.78. The molecule has 2 heterocycles. The Labute approximate surface area is 147 Å². The molecule has 2 atom stereocenters. The van der Waals surface area contributed by atoms with Gasteiger partial charge in [-0.25, -0.2) is 4.79 Å². The quantitative estimate of drug-likeness (QED) is 0.838. The Morgan fingerprint density at radius 3 is 2.67 bits per heavy atom. The lowest BCUT2D eigenvalue weighted by Crippen LogP contribution is -2.41. The maximum absolute atomic E-state index is 12.0. The molecule has 2 amide bonds. The highest BCUT2D eigenvalue weighted by atomic mass is 35.5. The van der Waals surface area contributed by atoms with Crippen molar-refractivity contribution in [3.05, 3.63) is 29.8 Å².